The second-order valence-electron chi connectivity index (χ2n) is 19.7. The van der Waals surface area contributed by atoms with E-state index in [1.165, 1.54) is 60.8 Å². The van der Waals surface area contributed by atoms with E-state index in [-0.39, 0.29) is 0 Å². The van der Waals surface area contributed by atoms with Crippen molar-refractivity contribution >= 4 is 71.6 Å². The first-order valence-electron chi connectivity index (χ1n) is 25.4. The Morgan fingerprint density at radius 1 is 0.311 bits per heavy atom. The summed E-state index contributed by atoms with van der Waals surface area (Å²) >= 11 is 0. The molecule has 0 bridgehead atoms. The van der Waals surface area contributed by atoms with Gasteiger partial charge in [0, 0.05) is 55.2 Å². The highest BCUT2D eigenvalue weighted by atomic mass is 15.2. The largest absolute Gasteiger partial charge is 0.310 e. The van der Waals surface area contributed by atoms with Crippen LogP contribution in [0.5, 0.6) is 0 Å². The molecule has 0 radical (unpaired) electrons. The number of rotatable bonds is 6. The minimum absolute atomic E-state index is 0.448. The maximum atomic E-state index is 5.46. The van der Waals surface area contributed by atoms with Gasteiger partial charge in [0.05, 0.1) is 38.7 Å². The van der Waals surface area contributed by atoms with Crippen LogP contribution in [0.25, 0.3) is 99.7 Å². The Balaban J connectivity index is 0.972. The van der Waals surface area contributed by atoms with Crippen molar-refractivity contribution in [3.05, 3.63) is 283 Å². The third-order valence-corrected chi connectivity index (χ3v) is 15.9. The number of hydrogen-bond donors (Lipinski definition) is 0. The molecule has 0 N–H and O–H groups in total. The molecule has 0 atom stereocenters. The first-order chi connectivity index (χ1) is 36.7. The van der Waals surface area contributed by atoms with Gasteiger partial charge in [0.15, 0.2) is 0 Å². The van der Waals surface area contributed by atoms with E-state index in [0.29, 0.717) is 5.95 Å². The highest BCUT2D eigenvalue weighted by molar-refractivity contribution is 6.12. The SMILES string of the molecule is c1ccc(-c2nc(-n3c4ccccc4c4ccc(N(c5ccc6c(c5)-c5ccccc5C65c6ccccc6-c6ccccc65)c5ccc6c7ccccc7n(-c7ccccc7)c6c5)cc43)nc3ccccc23)cc1. The predicted octanol–water partition coefficient (Wildman–Crippen LogP) is 17.3. The number of aromatic nitrogens is 4. The van der Waals surface area contributed by atoms with Crippen LogP contribution in [0.2, 0.25) is 0 Å². The molecule has 0 aliphatic heterocycles. The van der Waals surface area contributed by atoms with Crippen molar-refractivity contribution < 1.29 is 0 Å². The zero-order valence-electron chi connectivity index (χ0n) is 40.1. The lowest BCUT2D eigenvalue weighted by Gasteiger charge is -2.31. The maximum absolute atomic E-state index is 5.46. The Bertz CT molecular complexity index is 4580. The Kier molecular flexibility index (Phi) is 8.60. The van der Waals surface area contributed by atoms with Gasteiger partial charge in [-0.3, -0.25) is 4.57 Å². The van der Waals surface area contributed by atoms with E-state index in [0.717, 1.165) is 72.2 Å². The third-order valence-electron chi connectivity index (χ3n) is 15.9. The van der Waals surface area contributed by atoms with Crippen LogP contribution in [-0.2, 0) is 5.41 Å². The molecule has 3 aromatic heterocycles. The molecule has 74 heavy (non-hydrogen) atoms. The molecule has 344 valence electrons. The van der Waals surface area contributed by atoms with Crippen LogP contribution >= 0.6 is 0 Å². The molecular formula is C69H43N5. The molecule has 0 saturated carbocycles. The summed E-state index contributed by atoms with van der Waals surface area (Å²) in [6, 6.07) is 95.2. The molecular weight excluding hydrogens is 899 g/mol. The molecule has 0 saturated heterocycles. The highest BCUT2D eigenvalue weighted by Gasteiger charge is 2.51. The van der Waals surface area contributed by atoms with Gasteiger partial charge in [-0.25, -0.2) is 9.97 Å². The van der Waals surface area contributed by atoms with E-state index in [1.54, 1.807) is 0 Å². The van der Waals surface area contributed by atoms with Crippen molar-refractivity contribution in [3.8, 4) is 45.1 Å². The Labute approximate surface area is 427 Å². The molecule has 1 spiro atoms. The van der Waals surface area contributed by atoms with Gasteiger partial charge >= 0.3 is 0 Å². The predicted molar refractivity (Wildman–Crippen MR) is 305 cm³/mol. The van der Waals surface area contributed by atoms with Gasteiger partial charge in [-0.1, -0.05) is 194 Å². The van der Waals surface area contributed by atoms with E-state index >= 15 is 0 Å². The first-order valence-corrected chi connectivity index (χ1v) is 25.4. The summed E-state index contributed by atoms with van der Waals surface area (Å²) in [5.41, 5.74) is 21.4. The van der Waals surface area contributed by atoms with Crippen LogP contribution in [0.4, 0.5) is 17.1 Å². The zero-order chi connectivity index (χ0) is 48.5. The number of nitrogens with zero attached hydrogens (tertiary/aromatic N) is 5. The third kappa shape index (κ3) is 5.63. The van der Waals surface area contributed by atoms with Crippen LogP contribution in [0.1, 0.15) is 22.3 Å². The van der Waals surface area contributed by atoms with E-state index < -0.39 is 5.41 Å². The molecule has 14 aromatic rings. The van der Waals surface area contributed by atoms with Gasteiger partial charge in [0.1, 0.15) is 0 Å². The Hall–Kier alpha value is -9.84. The summed E-state index contributed by atoms with van der Waals surface area (Å²) in [6.45, 7) is 0. The van der Waals surface area contributed by atoms with E-state index in [9.17, 15) is 0 Å². The first kappa shape index (κ1) is 40.8. The van der Waals surface area contributed by atoms with E-state index in [2.05, 4.69) is 275 Å². The van der Waals surface area contributed by atoms with Crippen molar-refractivity contribution in [2.24, 2.45) is 0 Å². The lowest BCUT2D eigenvalue weighted by molar-refractivity contribution is 0.794. The summed E-state index contributed by atoms with van der Waals surface area (Å²) in [4.78, 5) is 13.3. The summed E-state index contributed by atoms with van der Waals surface area (Å²) in [5, 5.41) is 5.71. The number of para-hydroxylation sites is 4. The topological polar surface area (TPSA) is 38.9 Å². The number of hydrogen-bond acceptors (Lipinski definition) is 3. The smallest absolute Gasteiger partial charge is 0.235 e. The molecule has 2 aliphatic carbocycles. The Morgan fingerprint density at radius 3 is 1.39 bits per heavy atom. The van der Waals surface area contributed by atoms with Gasteiger partial charge in [-0.2, -0.15) is 0 Å². The van der Waals surface area contributed by atoms with Crippen LogP contribution in [0.15, 0.2) is 261 Å². The second-order valence-corrected chi connectivity index (χ2v) is 19.7. The van der Waals surface area contributed by atoms with E-state index in [4.69, 9.17) is 9.97 Å². The quantitative estimate of drug-likeness (QED) is 0.167. The average molecular weight is 942 g/mol. The number of anilines is 3. The lowest BCUT2D eigenvalue weighted by atomic mass is 9.70. The fraction of sp³-hybridized carbons (Fsp3) is 0.0145. The summed E-state index contributed by atoms with van der Waals surface area (Å²) in [7, 11) is 0. The van der Waals surface area contributed by atoms with Crippen molar-refractivity contribution in [2.75, 3.05) is 4.90 Å². The molecule has 2 aliphatic rings. The maximum Gasteiger partial charge on any atom is 0.235 e. The fourth-order valence-corrected chi connectivity index (χ4v) is 12.9. The van der Waals surface area contributed by atoms with Crippen LogP contribution in [-0.4, -0.2) is 19.1 Å². The number of fused-ring (bicyclic) bond motifs is 17. The monoisotopic (exact) mass is 941 g/mol. The normalized spacial score (nSPS) is 13.0. The van der Waals surface area contributed by atoms with E-state index in [1.807, 2.05) is 0 Å². The molecule has 11 aromatic carbocycles. The second kappa shape index (κ2) is 15.6. The van der Waals surface area contributed by atoms with Crippen molar-refractivity contribution in [3.63, 3.8) is 0 Å². The minimum atomic E-state index is -0.448. The van der Waals surface area contributed by atoms with Gasteiger partial charge in [0.25, 0.3) is 0 Å². The minimum Gasteiger partial charge on any atom is -0.310 e. The summed E-state index contributed by atoms with van der Waals surface area (Å²) < 4.78 is 4.67. The molecule has 0 fully saturated rings. The standard InChI is InChI=1S/C69H43N5/c1-3-19-44(20-4-1)67-56-28-10-16-32-62(56)70-68(71-67)74-64-34-18-12-27-53(64)55-39-36-48(43-66(55)74)72(47-35-38-54-52-26-11-17-33-63(52)73(65(54)42-47)45-21-5-2-6-22-45)46-37-40-61-57(41-46)51-25-9-15-31-60(51)69(61)58-29-13-7-23-49(58)50-24-8-14-30-59(50)69/h1-43H. The molecule has 5 heteroatoms. The van der Waals surface area contributed by atoms with Crippen LogP contribution < -0.4 is 4.90 Å². The summed E-state index contributed by atoms with van der Waals surface area (Å²) in [5.74, 6) is 0.628. The van der Waals surface area contributed by atoms with Crippen molar-refractivity contribution in [1.29, 1.82) is 0 Å². The molecule has 3 heterocycles. The Morgan fingerprint density at radius 2 is 0.757 bits per heavy atom. The highest BCUT2D eigenvalue weighted by Crippen LogP contribution is 2.63. The molecule has 0 amide bonds. The van der Waals surface area contributed by atoms with Gasteiger partial charge < -0.3 is 9.47 Å². The van der Waals surface area contributed by atoms with Gasteiger partial charge in [0.2, 0.25) is 5.95 Å². The van der Waals surface area contributed by atoms with Crippen LogP contribution in [0.3, 0.4) is 0 Å². The summed E-state index contributed by atoms with van der Waals surface area (Å²) in [6.07, 6.45) is 0. The van der Waals surface area contributed by atoms with Gasteiger partial charge in [-0.15, -0.1) is 0 Å². The molecule has 5 nitrogen and oxygen atoms in total. The van der Waals surface area contributed by atoms with Crippen LogP contribution in [0, 0.1) is 0 Å². The van der Waals surface area contributed by atoms with Gasteiger partial charge in [-0.05, 0) is 111 Å². The molecule has 16 rings (SSSR count). The zero-order valence-corrected chi connectivity index (χ0v) is 40.1. The van der Waals surface area contributed by atoms with Crippen molar-refractivity contribution in [1.82, 2.24) is 19.1 Å². The lowest BCUT2D eigenvalue weighted by Crippen LogP contribution is -2.25. The van der Waals surface area contributed by atoms with Crippen molar-refractivity contribution in [2.45, 2.75) is 5.41 Å². The number of benzene rings is 11. The fourth-order valence-electron chi connectivity index (χ4n) is 12.9. The molecule has 0 unspecified atom stereocenters. The average Bonchev–Trinajstić information content (AvgIpc) is 4.22.